The molecule has 0 aliphatic carbocycles. The molecule has 0 heterocycles. The molecule has 0 N–H and O–H groups in total. The molecule has 0 radical (unpaired) electrons. The first-order valence-electron chi connectivity index (χ1n) is 3.74. The second-order valence-electron chi connectivity index (χ2n) is 3.04. The zero-order valence-corrected chi connectivity index (χ0v) is 7.69. The molecule has 0 rings (SSSR count). The third-order valence-electron chi connectivity index (χ3n) is 1.69. The van der Waals surface area contributed by atoms with Crippen molar-refractivity contribution in [2.45, 2.75) is 36.5 Å². The normalized spacial score (nSPS) is 18.7. The lowest BCUT2D eigenvalue weighted by atomic mass is 10.0. The average molecular weight is 302 g/mol. The van der Waals surface area contributed by atoms with Gasteiger partial charge in [-0.3, -0.25) is 0 Å². The maximum atomic E-state index is 12.3. The molecular weight excluding hydrogens is 300 g/mol. The van der Waals surface area contributed by atoms with Gasteiger partial charge in [0, 0.05) is 0 Å². The van der Waals surface area contributed by atoms with Crippen molar-refractivity contribution in [1.82, 2.24) is 0 Å². The van der Waals surface area contributed by atoms with Crippen LogP contribution in [0.2, 0.25) is 0 Å². The minimum absolute atomic E-state index is 5.18. The van der Waals surface area contributed by atoms with Crippen LogP contribution < -0.4 is 0 Å². The Labute approximate surface area is 90.6 Å². The second kappa shape index (κ2) is 4.37. The zero-order valence-electron chi connectivity index (χ0n) is 7.69. The SMILES string of the molecule is FC(C(F)C(F)(F)C(F)(F)C(F)(F)F)C(F)(F)F. The van der Waals surface area contributed by atoms with Crippen LogP contribution in [0, 0.1) is 0 Å². The number of halogens is 12. The fourth-order valence-electron chi connectivity index (χ4n) is 0.712. The minimum atomic E-state index is -7.14. The third-order valence-corrected chi connectivity index (χ3v) is 1.69. The summed E-state index contributed by atoms with van der Waals surface area (Å²) in [6.07, 6.45) is -24.0. The molecule has 0 amide bonds. The summed E-state index contributed by atoms with van der Waals surface area (Å²) >= 11 is 0. The topological polar surface area (TPSA) is 0 Å². The first kappa shape index (κ1) is 17.2. The lowest BCUT2D eigenvalue weighted by Gasteiger charge is -2.31. The highest BCUT2D eigenvalue weighted by atomic mass is 19.4. The fourth-order valence-corrected chi connectivity index (χ4v) is 0.712. The van der Waals surface area contributed by atoms with Gasteiger partial charge in [-0.05, 0) is 0 Å². The highest BCUT2D eigenvalue weighted by molar-refractivity contribution is 5.00. The molecule has 18 heavy (non-hydrogen) atoms. The number of rotatable bonds is 3. The van der Waals surface area contributed by atoms with E-state index in [-0.39, 0.29) is 0 Å². The molecule has 0 saturated carbocycles. The molecular formula is C6H2F12. The summed E-state index contributed by atoms with van der Waals surface area (Å²) in [4.78, 5) is 0. The number of hydrogen-bond donors (Lipinski definition) is 0. The van der Waals surface area contributed by atoms with Crippen LogP contribution in [-0.4, -0.2) is 36.5 Å². The summed E-state index contributed by atoms with van der Waals surface area (Å²) in [5.74, 6) is -14.0. The molecule has 0 spiro atoms. The predicted octanol–water partition coefficient (Wildman–Crippen LogP) is 4.06. The molecule has 0 fully saturated rings. The Kier molecular flexibility index (Phi) is 4.16. The number of hydrogen-bond acceptors (Lipinski definition) is 0. The van der Waals surface area contributed by atoms with Crippen LogP contribution in [0.25, 0.3) is 0 Å². The van der Waals surface area contributed by atoms with Crippen molar-refractivity contribution >= 4 is 0 Å². The standard InChI is InChI=1S/C6H2F12/c7-1(2(8)4(11,12)13)3(9,10)5(14,15)6(16,17)18/h1-2H. The van der Waals surface area contributed by atoms with E-state index >= 15 is 0 Å². The van der Waals surface area contributed by atoms with E-state index in [1.807, 2.05) is 0 Å². The second-order valence-corrected chi connectivity index (χ2v) is 3.04. The predicted molar refractivity (Wildman–Crippen MR) is 31.8 cm³/mol. The van der Waals surface area contributed by atoms with Crippen molar-refractivity contribution < 1.29 is 52.7 Å². The van der Waals surface area contributed by atoms with E-state index in [4.69, 9.17) is 0 Å². The van der Waals surface area contributed by atoms with Crippen molar-refractivity contribution in [2.24, 2.45) is 0 Å². The summed E-state index contributed by atoms with van der Waals surface area (Å²) in [6, 6.07) is 0. The van der Waals surface area contributed by atoms with Crippen LogP contribution in [-0.2, 0) is 0 Å². The molecule has 110 valence electrons. The summed E-state index contributed by atoms with van der Waals surface area (Å²) in [5.41, 5.74) is 0. The van der Waals surface area contributed by atoms with Crippen LogP contribution in [0.3, 0.4) is 0 Å². The van der Waals surface area contributed by atoms with Gasteiger partial charge in [-0.1, -0.05) is 0 Å². The van der Waals surface area contributed by atoms with E-state index in [2.05, 4.69) is 0 Å². The quantitative estimate of drug-likeness (QED) is 0.690. The molecule has 0 nitrogen and oxygen atoms in total. The Morgan fingerprint density at radius 2 is 0.889 bits per heavy atom. The maximum Gasteiger partial charge on any atom is 0.459 e. The molecule has 0 aliphatic rings. The Balaban J connectivity index is 5.40. The molecule has 0 aromatic rings. The van der Waals surface area contributed by atoms with Gasteiger partial charge >= 0.3 is 24.2 Å². The van der Waals surface area contributed by atoms with Gasteiger partial charge in [0.25, 0.3) is 0 Å². The van der Waals surface area contributed by atoms with Gasteiger partial charge in [0.05, 0.1) is 0 Å². The molecule has 2 unspecified atom stereocenters. The van der Waals surface area contributed by atoms with Crippen molar-refractivity contribution in [3.8, 4) is 0 Å². The Morgan fingerprint density at radius 1 is 0.556 bits per heavy atom. The monoisotopic (exact) mass is 302 g/mol. The van der Waals surface area contributed by atoms with E-state index in [1.54, 1.807) is 0 Å². The first-order chi connectivity index (χ1) is 7.57. The lowest BCUT2D eigenvalue weighted by molar-refractivity contribution is -0.374. The Bertz CT molecular complexity index is 284. The molecule has 0 saturated heterocycles. The van der Waals surface area contributed by atoms with Gasteiger partial charge in [-0.25, -0.2) is 8.78 Å². The van der Waals surface area contributed by atoms with Gasteiger partial charge < -0.3 is 0 Å². The van der Waals surface area contributed by atoms with E-state index in [9.17, 15) is 52.7 Å². The van der Waals surface area contributed by atoms with Gasteiger partial charge in [0.2, 0.25) is 12.3 Å². The number of alkyl halides is 12. The summed E-state index contributed by atoms with van der Waals surface area (Å²) < 4.78 is 142. The zero-order chi connectivity index (χ0) is 15.2. The van der Waals surface area contributed by atoms with Crippen molar-refractivity contribution in [3.63, 3.8) is 0 Å². The maximum absolute atomic E-state index is 12.3. The molecule has 0 aromatic carbocycles. The van der Waals surface area contributed by atoms with Crippen LogP contribution in [0.1, 0.15) is 0 Å². The molecule has 2 atom stereocenters. The van der Waals surface area contributed by atoms with Crippen molar-refractivity contribution in [2.75, 3.05) is 0 Å². The summed E-state index contributed by atoms with van der Waals surface area (Å²) in [5, 5.41) is 0. The van der Waals surface area contributed by atoms with Crippen molar-refractivity contribution in [1.29, 1.82) is 0 Å². The fraction of sp³-hybridized carbons (Fsp3) is 1.00. The van der Waals surface area contributed by atoms with Gasteiger partial charge in [0.15, 0.2) is 0 Å². The molecule has 0 aliphatic heterocycles. The van der Waals surface area contributed by atoms with Gasteiger partial charge in [0.1, 0.15) is 0 Å². The Hall–Kier alpha value is -0.840. The van der Waals surface area contributed by atoms with Crippen LogP contribution >= 0.6 is 0 Å². The molecule has 0 aromatic heterocycles. The third kappa shape index (κ3) is 2.76. The largest absolute Gasteiger partial charge is 0.459 e. The lowest BCUT2D eigenvalue weighted by Crippen LogP contribution is -2.60. The van der Waals surface area contributed by atoms with Gasteiger partial charge in [-0.15, -0.1) is 0 Å². The van der Waals surface area contributed by atoms with Crippen LogP contribution in [0.5, 0.6) is 0 Å². The highest BCUT2D eigenvalue weighted by Crippen LogP contribution is 2.50. The van der Waals surface area contributed by atoms with Gasteiger partial charge in [-0.2, -0.15) is 43.9 Å². The molecule has 0 bridgehead atoms. The summed E-state index contributed by atoms with van der Waals surface area (Å²) in [7, 11) is 0. The first-order valence-corrected chi connectivity index (χ1v) is 3.74. The summed E-state index contributed by atoms with van der Waals surface area (Å²) in [6.45, 7) is 0. The minimum Gasteiger partial charge on any atom is -0.237 e. The van der Waals surface area contributed by atoms with Crippen molar-refractivity contribution in [3.05, 3.63) is 0 Å². The van der Waals surface area contributed by atoms with E-state index in [0.29, 0.717) is 0 Å². The van der Waals surface area contributed by atoms with E-state index < -0.39 is 36.5 Å². The smallest absolute Gasteiger partial charge is 0.237 e. The van der Waals surface area contributed by atoms with Crippen LogP contribution in [0.15, 0.2) is 0 Å². The highest BCUT2D eigenvalue weighted by Gasteiger charge is 2.78. The average Bonchev–Trinajstić information content (AvgIpc) is 2.11. The van der Waals surface area contributed by atoms with Crippen LogP contribution in [0.4, 0.5) is 52.7 Å². The molecule has 12 heteroatoms. The van der Waals surface area contributed by atoms with E-state index in [0.717, 1.165) is 0 Å². The van der Waals surface area contributed by atoms with E-state index in [1.165, 1.54) is 0 Å². The Morgan fingerprint density at radius 3 is 1.11 bits per heavy atom.